The van der Waals surface area contributed by atoms with Crippen molar-refractivity contribution in [2.45, 2.75) is 10.6 Å². The first kappa shape index (κ1) is 14.9. The van der Waals surface area contributed by atoms with Gasteiger partial charge in [0.1, 0.15) is 11.6 Å². The Morgan fingerprint density at radius 1 is 1.15 bits per heavy atom. The summed E-state index contributed by atoms with van der Waals surface area (Å²) in [7, 11) is -0.0626. The molecule has 0 unspecified atom stereocenters. The lowest BCUT2D eigenvalue weighted by molar-refractivity contribution is 0.414. The SMILES string of the molecule is COc1ccc(SCc2ccc(F)cc2B(O)O)cc1. The van der Waals surface area contributed by atoms with Gasteiger partial charge in [-0.3, -0.25) is 0 Å². The van der Waals surface area contributed by atoms with Crippen LogP contribution in [-0.4, -0.2) is 24.3 Å². The average Bonchev–Trinajstić information content (AvgIpc) is 2.46. The highest BCUT2D eigenvalue weighted by molar-refractivity contribution is 7.98. The average molecular weight is 292 g/mol. The topological polar surface area (TPSA) is 49.7 Å². The lowest BCUT2D eigenvalue weighted by Crippen LogP contribution is -2.33. The Hall–Kier alpha value is -1.50. The maximum Gasteiger partial charge on any atom is 0.488 e. The van der Waals surface area contributed by atoms with E-state index in [9.17, 15) is 14.4 Å². The van der Waals surface area contributed by atoms with E-state index in [0.29, 0.717) is 11.3 Å². The highest BCUT2D eigenvalue weighted by Gasteiger charge is 2.16. The fourth-order valence-corrected chi connectivity index (χ4v) is 2.68. The van der Waals surface area contributed by atoms with Crippen LogP contribution in [0.15, 0.2) is 47.4 Å². The molecule has 0 bridgehead atoms. The molecule has 0 amide bonds. The summed E-state index contributed by atoms with van der Waals surface area (Å²) in [6.07, 6.45) is 0. The molecule has 0 aliphatic carbocycles. The summed E-state index contributed by atoms with van der Waals surface area (Å²) in [4.78, 5) is 1.02. The smallest absolute Gasteiger partial charge is 0.488 e. The third-order valence-electron chi connectivity index (χ3n) is 2.84. The minimum Gasteiger partial charge on any atom is -0.497 e. The van der Waals surface area contributed by atoms with Crippen LogP contribution in [-0.2, 0) is 5.75 Å². The maximum atomic E-state index is 13.1. The summed E-state index contributed by atoms with van der Waals surface area (Å²) < 4.78 is 18.2. The van der Waals surface area contributed by atoms with E-state index in [4.69, 9.17) is 4.74 Å². The van der Waals surface area contributed by atoms with Crippen molar-refractivity contribution in [1.29, 1.82) is 0 Å². The standard InChI is InChI=1S/C14H14BFO3S/c1-19-12-4-6-13(7-5-12)20-9-10-2-3-11(16)8-14(10)15(17)18/h2-8,17-18H,9H2,1H3. The van der Waals surface area contributed by atoms with E-state index in [1.807, 2.05) is 24.3 Å². The first-order valence-electron chi connectivity index (χ1n) is 6.01. The molecule has 0 radical (unpaired) electrons. The molecule has 20 heavy (non-hydrogen) atoms. The Morgan fingerprint density at radius 3 is 2.45 bits per heavy atom. The van der Waals surface area contributed by atoms with Crippen molar-refractivity contribution in [2.75, 3.05) is 7.11 Å². The molecule has 0 fully saturated rings. The normalized spacial score (nSPS) is 10.4. The summed E-state index contributed by atoms with van der Waals surface area (Å²) in [5, 5.41) is 18.5. The minimum atomic E-state index is -1.67. The second kappa shape index (κ2) is 6.79. The molecule has 6 heteroatoms. The highest BCUT2D eigenvalue weighted by Crippen LogP contribution is 2.24. The molecule has 0 aliphatic rings. The molecule has 2 aromatic carbocycles. The quantitative estimate of drug-likeness (QED) is 0.652. The predicted molar refractivity (Wildman–Crippen MR) is 78.8 cm³/mol. The van der Waals surface area contributed by atoms with Gasteiger partial charge in [0, 0.05) is 10.6 Å². The lowest BCUT2D eigenvalue weighted by Gasteiger charge is -2.09. The van der Waals surface area contributed by atoms with Crippen LogP contribution in [0.1, 0.15) is 5.56 Å². The van der Waals surface area contributed by atoms with E-state index in [1.165, 1.54) is 17.8 Å². The van der Waals surface area contributed by atoms with Crippen LogP contribution in [0.3, 0.4) is 0 Å². The van der Waals surface area contributed by atoms with Crippen molar-refractivity contribution >= 4 is 24.3 Å². The predicted octanol–water partition coefficient (Wildman–Crippen LogP) is 1.81. The van der Waals surface area contributed by atoms with Crippen molar-refractivity contribution in [1.82, 2.24) is 0 Å². The van der Waals surface area contributed by atoms with Crippen molar-refractivity contribution in [3.8, 4) is 5.75 Å². The van der Waals surface area contributed by atoms with Gasteiger partial charge in [-0.1, -0.05) is 6.07 Å². The van der Waals surface area contributed by atoms with Crippen LogP contribution in [0.2, 0.25) is 0 Å². The van der Waals surface area contributed by atoms with E-state index < -0.39 is 12.9 Å². The fraction of sp³-hybridized carbons (Fsp3) is 0.143. The van der Waals surface area contributed by atoms with Gasteiger partial charge in [0.25, 0.3) is 0 Å². The summed E-state index contributed by atoms with van der Waals surface area (Å²) in [6, 6.07) is 11.6. The molecule has 2 rings (SSSR count). The van der Waals surface area contributed by atoms with Crippen molar-refractivity contribution in [2.24, 2.45) is 0 Å². The van der Waals surface area contributed by atoms with E-state index in [1.54, 1.807) is 13.2 Å². The summed E-state index contributed by atoms with van der Waals surface area (Å²) >= 11 is 1.53. The first-order chi connectivity index (χ1) is 9.60. The zero-order valence-electron chi connectivity index (χ0n) is 10.9. The maximum absolute atomic E-state index is 13.1. The highest BCUT2D eigenvalue weighted by atomic mass is 32.2. The Kier molecular flexibility index (Phi) is 5.06. The van der Waals surface area contributed by atoms with Gasteiger partial charge in [0.2, 0.25) is 0 Å². The van der Waals surface area contributed by atoms with E-state index >= 15 is 0 Å². The van der Waals surface area contributed by atoms with Gasteiger partial charge in [-0.15, -0.1) is 11.8 Å². The molecule has 2 N–H and O–H groups in total. The molecule has 0 aliphatic heterocycles. The van der Waals surface area contributed by atoms with Crippen LogP contribution < -0.4 is 10.2 Å². The molecular weight excluding hydrogens is 278 g/mol. The molecular formula is C14H14BFO3S. The van der Waals surface area contributed by atoms with Gasteiger partial charge in [-0.05, 0) is 47.4 Å². The van der Waals surface area contributed by atoms with E-state index in [0.717, 1.165) is 16.7 Å². The second-order valence-electron chi connectivity index (χ2n) is 4.18. The lowest BCUT2D eigenvalue weighted by atomic mass is 9.77. The zero-order valence-corrected chi connectivity index (χ0v) is 11.7. The van der Waals surface area contributed by atoms with Crippen LogP contribution in [0, 0.1) is 5.82 Å². The Labute approximate surface area is 121 Å². The Morgan fingerprint density at radius 2 is 1.85 bits per heavy atom. The summed E-state index contributed by atoms with van der Waals surface area (Å²) in [6.45, 7) is 0. The van der Waals surface area contributed by atoms with Crippen molar-refractivity contribution in [3.63, 3.8) is 0 Å². The number of methoxy groups -OCH3 is 1. The largest absolute Gasteiger partial charge is 0.497 e. The number of halogens is 1. The van der Waals surface area contributed by atoms with Gasteiger partial charge in [-0.2, -0.15) is 0 Å². The summed E-state index contributed by atoms with van der Waals surface area (Å²) in [5.41, 5.74) is 0.897. The molecule has 0 heterocycles. The van der Waals surface area contributed by atoms with Gasteiger partial charge >= 0.3 is 7.12 Å². The Bertz CT molecular complexity index is 575. The van der Waals surface area contributed by atoms with Crippen LogP contribution in [0.25, 0.3) is 0 Å². The van der Waals surface area contributed by atoms with Crippen molar-refractivity contribution < 1.29 is 19.2 Å². The second-order valence-corrected chi connectivity index (χ2v) is 5.23. The molecule has 0 atom stereocenters. The van der Waals surface area contributed by atoms with Crippen molar-refractivity contribution in [3.05, 3.63) is 53.8 Å². The molecule has 0 aromatic heterocycles. The van der Waals surface area contributed by atoms with Crippen LogP contribution in [0.4, 0.5) is 4.39 Å². The van der Waals surface area contributed by atoms with Crippen LogP contribution in [0.5, 0.6) is 5.75 Å². The zero-order chi connectivity index (χ0) is 14.5. The molecule has 3 nitrogen and oxygen atoms in total. The number of benzene rings is 2. The van der Waals surface area contributed by atoms with Gasteiger partial charge in [0.15, 0.2) is 0 Å². The third kappa shape index (κ3) is 3.76. The van der Waals surface area contributed by atoms with E-state index in [2.05, 4.69) is 0 Å². The van der Waals surface area contributed by atoms with Crippen LogP contribution >= 0.6 is 11.8 Å². The molecule has 0 spiro atoms. The number of ether oxygens (including phenoxy) is 1. The third-order valence-corrected chi connectivity index (χ3v) is 3.90. The molecule has 2 aromatic rings. The number of rotatable bonds is 5. The monoisotopic (exact) mass is 292 g/mol. The number of thioether (sulfide) groups is 1. The summed E-state index contributed by atoms with van der Waals surface area (Å²) in [5.74, 6) is 0.827. The van der Waals surface area contributed by atoms with Gasteiger partial charge in [-0.25, -0.2) is 4.39 Å². The van der Waals surface area contributed by atoms with Gasteiger partial charge < -0.3 is 14.8 Å². The molecule has 0 saturated heterocycles. The van der Waals surface area contributed by atoms with Gasteiger partial charge in [0.05, 0.1) is 7.11 Å². The molecule has 0 saturated carbocycles. The fourth-order valence-electron chi connectivity index (χ4n) is 1.77. The van der Waals surface area contributed by atoms with E-state index in [-0.39, 0.29) is 5.46 Å². The Balaban J connectivity index is 2.10. The first-order valence-corrected chi connectivity index (χ1v) is 7.00. The minimum absolute atomic E-state index is 0.200. The molecule has 104 valence electrons. The number of hydrogen-bond acceptors (Lipinski definition) is 4. The number of hydrogen-bond donors (Lipinski definition) is 2.